The maximum Gasteiger partial charge on any atom is 0.257 e. The molecule has 1 atom stereocenters. The maximum absolute atomic E-state index is 13.2. The first-order valence-corrected chi connectivity index (χ1v) is 12.0. The van der Waals surface area contributed by atoms with Gasteiger partial charge in [0.05, 0.1) is 23.7 Å². The topological polar surface area (TPSA) is 112 Å². The third-order valence-electron chi connectivity index (χ3n) is 5.41. The zero-order chi connectivity index (χ0) is 23.4. The highest BCUT2D eigenvalue weighted by Gasteiger charge is 2.25. The lowest BCUT2D eigenvalue weighted by Gasteiger charge is -2.19. The second kappa shape index (κ2) is 10.0. The van der Waals surface area contributed by atoms with Crippen molar-refractivity contribution in [3.05, 3.63) is 58.3 Å². The van der Waals surface area contributed by atoms with Gasteiger partial charge in [-0.3, -0.25) is 14.4 Å². The van der Waals surface area contributed by atoms with Gasteiger partial charge in [-0.05, 0) is 43.6 Å². The van der Waals surface area contributed by atoms with Crippen LogP contribution in [0, 0.1) is 0 Å². The SMILES string of the molecule is CCn1cc(C(=O)NC(CCSC)C(=O)NCc2ccco2)c(=O)c2cc3c(cc21)OCO3. The molecule has 0 saturated heterocycles. The number of pyridine rings is 1. The van der Waals surface area contributed by atoms with Gasteiger partial charge in [0.1, 0.15) is 17.4 Å². The van der Waals surface area contributed by atoms with E-state index < -0.39 is 17.4 Å². The van der Waals surface area contributed by atoms with Crippen LogP contribution in [0.5, 0.6) is 11.5 Å². The summed E-state index contributed by atoms with van der Waals surface area (Å²) in [5, 5.41) is 5.88. The van der Waals surface area contributed by atoms with Crippen molar-refractivity contribution in [1.29, 1.82) is 0 Å². The van der Waals surface area contributed by atoms with Crippen molar-refractivity contribution >= 4 is 34.5 Å². The van der Waals surface area contributed by atoms with Crippen LogP contribution < -0.4 is 25.5 Å². The van der Waals surface area contributed by atoms with Crippen molar-refractivity contribution in [2.75, 3.05) is 18.8 Å². The summed E-state index contributed by atoms with van der Waals surface area (Å²) in [4.78, 5) is 39.1. The number of carbonyl (C=O) groups is 2. The Morgan fingerprint density at radius 2 is 2.03 bits per heavy atom. The summed E-state index contributed by atoms with van der Waals surface area (Å²) in [5.74, 6) is 1.37. The number of aryl methyl sites for hydroxylation is 1. The maximum atomic E-state index is 13.2. The Hall–Kier alpha value is -3.40. The van der Waals surface area contributed by atoms with E-state index in [9.17, 15) is 14.4 Å². The van der Waals surface area contributed by atoms with Crippen molar-refractivity contribution in [3.8, 4) is 11.5 Å². The molecule has 2 N–H and O–H groups in total. The molecule has 0 bridgehead atoms. The van der Waals surface area contributed by atoms with Crippen molar-refractivity contribution in [2.24, 2.45) is 0 Å². The van der Waals surface area contributed by atoms with Gasteiger partial charge in [0, 0.05) is 18.8 Å². The number of hydrogen-bond acceptors (Lipinski definition) is 7. The van der Waals surface area contributed by atoms with Crippen LogP contribution in [-0.2, 0) is 17.9 Å². The minimum Gasteiger partial charge on any atom is -0.467 e. The smallest absolute Gasteiger partial charge is 0.257 e. The van der Waals surface area contributed by atoms with Crippen molar-refractivity contribution in [2.45, 2.75) is 32.5 Å². The molecule has 4 rings (SSSR count). The number of nitrogens with zero attached hydrogens (tertiary/aromatic N) is 1. The molecule has 2 amide bonds. The van der Waals surface area contributed by atoms with Crippen LogP contribution in [0.3, 0.4) is 0 Å². The second-order valence-corrected chi connectivity index (χ2v) is 8.47. The van der Waals surface area contributed by atoms with Crippen molar-refractivity contribution < 1.29 is 23.5 Å². The number of ether oxygens (including phenoxy) is 2. The third-order valence-corrected chi connectivity index (χ3v) is 6.05. The summed E-state index contributed by atoms with van der Waals surface area (Å²) >= 11 is 1.57. The van der Waals surface area contributed by atoms with E-state index in [1.165, 1.54) is 12.5 Å². The minimum atomic E-state index is -0.790. The first-order valence-electron chi connectivity index (χ1n) is 10.6. The van der Waals surface area contributed by atoms with Gasteiger partial charge in [0.2, 0.25) is 18.1 Å². The first-order chi connectivity index (χ1) is 16.0. The van der Waals surface area contributed by atoms with Gasteiger partial charge < -0.3 is 29.1 Å². The van der Waals surface area contributed by atoms with E-state index in [0.29, 0.717) is 46.9 Å². The highest BCUT2D eigenvalue weighted by Crippen LogP contribution is 2.35. The average molecular weight is 472 g/mol. The number of rotatable bonds is 9. The van der Waals surface area contributed by atoms with E-state index in [2.05, 4.69) is 10.6 Å². The van der Waals surface area contributed by atoms with Crippen LogP contribution in [0.15, 0.2) is 45.9 Å². The molecule has 9 nitrogen and oxygen atoms in total. The minimum absolute atomic E-state index is 0.0313. The molecule has 0 radical (unpaired) electrons. The summed E-state index contributed by atoms with van der Waals surface area (Å²) in [7, 11) is 0. The van der Waals surface area contributed by atoms with Gasteiger partial charge in [-0.2, -0.15) is 11.8 Å². The quantitative estimate of drug-likeness (QED) is 0.493. The Labute approximate surface area is 194 Å². The average Bonchev–Trinajstić information content (AvgIpc) is 3.51. The largest absolute Gasteiger partial charge is 0.467 e. The first kappa shape index (κ1) is 22.8. The van der Waals surface area contributed by atoms with E-state index in [1.54, 1.807) is 36.0 Å². The number of thioether (sulfide) groups is 1. The molecule has 0 fully saturated rings. The van der Waals surface area contributed by atoms with Crippen molar-refractivity contribution in [1.82, 2.24) is 15.2 Å². The van der Waals surface area contributed by atoms with Crippen LogP contribution in [0.25, 0.3) is 10.9 Å². The molecule has 3 heterocycles. The van der Waals surface area contributed by atoms with Crippen LogP contribution in [0.2, 0.25) is 0 Å². The fraction of sp³-hybridized carbons (Fsp3) is 0.348. The normalized spacial score (nSPS) is 13.2. The number of furan rings is 1. The molecular weight excluding hydrogens is 446 g/mol. The number of fused-ring (bicyclic) bond motifs is 2. The summed E-state index contributed by atoms with van der Waals surface area (Å²) in [5.41, 5.74) is 0.194. The van der Waals surface area contributed by atoms with Crippen LogP contribution in [0.1, 0.15) is 29.5 Å². The molecule has 0 saturated carbocycles. The predicted octanol–water partition coefficient (Wildman–Crippen LogP) is 2.51. The van der Waals surface area contributed by atoms with Gasteiger partial charge in [-0.25, -0.2) is 0 Å². The molecule has 1 unspecified atom stereocenters. The molecule has 0 spiro atoms. The molecule has 174 valence electrons. The lowest BCUT2D eigenvalue weighted by atomic mass is 10.1. The molecule has 33 heavy (non-hydrogen) atoms. The molecule has 0 aliphatic carbocycles. The highest BCUT2D eigenvalue weighted by atomic mass is 32.2. The Kier molecular flexibility index (Phi) is 6.93. The summed E-state index contributed by atoms with van der Waals surface area (Å²) in [6.45, 7) is 2.75. The Balaban J connectivity index is 1.60. The monoisotopic (exact) mass is 471 g/mol. The van der Waals surface area contributed by atoms with Crippen LogP contribution >= 0.6 is 11.8 Å². The fourth-order valence-electron chi connectivity index (χ4n) is 3.65. The second-order valence-electron chi connectivity index (χ2n) is 7.49. The van der Waals surface area contributed by atoms with Gasteiger partial charge in [0.15, 0.2) is 11.5 Å². The summed E-state index contributed by atoms with van der Waals surface area (Å²) in [6, 6.07) is 6.04. The van der Waals surface area contributed by atoms with E-state index >= 15 is 0 Å². The summed E-state index contributed by atoms with van der Waals surface area (Å²) < 4.78 is 17.9. The van der Waals surface area contributed by atoms with E-state index in [4.69, 9.17) is 13.9 Å². The van der Waals surface area contributed by atoms with Gasteiger partial charge >= 0.3 is 0 Å². The highest BCUT2D eigenvalue weighted by molar-refractivity contribution is 7.98. The van der Waals surface area contributed by atoms with E-state index in [1.807, 2.05) is 17.7 Å². The van der Waals surface area contributed by atoms with Gasteiger partial charge in [-0.1, -0.05) is 0 Å². The molecule has 3 aromatic rings. The number of amides is 2. The van der Waals surface area contributed by atoms with Gasteiger partial charge in [-0.15, -0.1) is 0 Å². The molecule has 1 aliphatic rings. The number of benzene rings is 1. The van der Waals surface area contributed by atoms with Crippen LogP contribution in [-0.4, -0.2) is 41.2 Å². The lowest BCUT2D eigenvalue weighted by Crippen LogP contribution is -2.47. The Morgan fingerprint density at radius 3 is 2.73 bits per heavy atom. The van der Waals surface area contributed by atoms with E-state index in [0.717, 1.165) is 0 Å². The fourth-order valence-corrected chi connectivity index (χ4v) is 4.13. The van der Waals surface area contributed by atoms with Crippen LogP contribution in [0.4, 0.5) is 0 Å². The van der Waals surface area contributed by atoms with Gasteiger partial charge in [0.25, 0.3) is 5.91 Å². The number of aromatic nitrogens is 1. The zero-order valence-electron chi connectivity index (χ0n) is 18.4. The Morgan fingerprint density at radius 1 is 1.24 bits per heavy atom. The van der Waals surface area contributed by atoms with E-state index in [-0.39, 0.29) is 24.8 Å². The standard InChI is InChI=1S/C23H25N3O6S/c1-3-26-12-16(21(27)15-9-19-20(10-18(15)26)32-13-31-19)22(28)25-17(6-8-33-2)23(29)24-11-14-5-4-7-30-14/h4-5,7,9-10,12,17H,3,6,8,11,13H2,1-2H3,(H,24,29)(H,25,28). The predicted molar refractivity (Wildman–Crippen MR) is 125 cm³/mol. The molecule has 1 aromatic carbocycles. The number of hydrogen-bond donors (Lipinski definition) is 2. The lowest BCUT2D eigenvalue weighted by molar-refractivity contribution is -0.123. The zero-order valence-corrected chi connectivity index (χ0v) is 19.2. The molecule has 1 aliphatic heterocycles. The number of carbonyl (C=O) groups excluding carboxylic acids is 2. The Bertz CT molecular complexity index is 1220. The summed E-state index contributed by atoms with van der Waals surface area (Å²) in [6.07, 6.45) is 5.40. The molecule has 10 heteroatoms. The third kappa shape index (κ3) is 4.85. The molecule has 2 aromatic heterocycles. The molecular formula is C23H25N3O6S. The number of nitrogens with one attached hydrogen (secondary N) is 2. The van der Waals surface area contributed by atoms with Crippen molar-refractivity contribution in [3.63, 3.8) is 0 Å².